The van der Waals surface area contributed by atoms with Crippen LogP contribution in [0.15, 0.2) is 6.20 Å². The molecule has 0 saturated carbocycles. The Morgan fingerprint density at radius 2 is 2.21 bits per heavy atom. The number of carbonyl (C=O) groups is 2. The number of esters is 1. The first-order valence-corrected chi connectivity index (χ1v) is 6.89. The average molecular weight is 285 g/mol. The maximum atomic E-state index is 11.5. The molecule has 1 amide bonds. The average Bonchev–Trinajstić information content (AvgIpc) is 2.84. The summed E-state index contributed by atoms with van der Waals surface area (Å²) in [5.41, 5.74) is 0. The summed E-state index contributed by atoms with van der Waals surface area (Å²) in [5, 5.41) is 6.44. The van der Waals surface area contributed by atoms with Crippen molar-refractivity contribution >= 4 is 28.3 Å². The number of methoxy groups -OCH3 is 1. The molecule has 0 spiro atoms. The Morgan fingerprint density at radius 1 is 1.47 bits per heavy atom. The fourth-order valence-electron chi connectivity index (χ4n) is 1.24. The fourth-order valence-corrected chi connectivity index (χ4v) is 2.00. The SMILES string of the molecule is COC(=O)c1cnc(NCCC(=O)NCC(C)C)s1. The molecule has 1 aromatic rings. The van der Waals surface area contributed by atoms with Gasteiger partial charge in [-0.2, -0.15) is 0 Å². The largest absolute Gasteiger partial charge is 0.465 e. The Hall–Kier alpha value is -1.63. The highest BCUT2D eigenvalue weighted by Gasteiger charge is 2.10. The first-order chi connectivity index (χ1) is 9.02. The molecule has 0 atom stereocenters. The van der Waals surface area contributed by atoms with Crippen molar-refractivity contribution in [2.24, 2.45) is 5.92 Å². The number of anilines is 1. The summed E-state index contributed by atoms with van der Waals surface area (Å²) in [4.78, 5) is 27.1. The summed E-state index contributed by atoms with van der Waals surface area (Å²) in [6.45, 7) is 5.26. The van der Waals surface area contributed by atoms with Gasteiger partial charge in [-0.3, -0.25) is 4.79 Å². The first kappa shape index (κ1) is 15.4. The van der Waals surface area contributed by atoms with Gasteiger partial charge in [-0.15, -0.1) is 0 Å². The molecule has 7 heteroatoms. The molecule has 0 unspecified atom stereocenters. The van der Waals surface area contributed by atoms with Gasteiger partial charge in [0, 0.05) is 19.5 Å². The van der Waals surface area contributed by atoms with Crippen LogP contribution < -0.4 is 10.6 Å². The molecule has 0 saturated heterocycles. The van der Waals surface area contributed by atoms with Crippen molar-refractivity contribution in [2.75, 3.05) is 25.5 Å². The van der Waals surface area contributed by atoms with Gasteiger partial charge in [-0.25, -0.2) is 9.78 Å². The van der Waals surface area contributed by atoms with Crippen molar-refractivity contribution in [1.29, 1.82) is 0 Å². The van der Waals surface area contributed by atoms with E-state index in [9.17, 15) is 9.59 Å². The lowest BCUT2D eigenvalue weighted by Crippen LogP contribution is -2.28. The van der Waals surface area contributed by atoms with Gasteiger partial charge in [0.05, 0.1) is 13.3 Å². The third-order valence-corrected chi connectivity index (χ3v) is 3.16. The number of aromatic nitrogens is 1. The monoisotopic (exact) mass is 285 g/mol. The van der Waals surface area contributed by atoms with Gasteiger partial charge in [-0.1, -0.05) is 25.2 Å². The van der Waals surface area contributed by atoms with E-state index in [0.717, 1.165) is 0 Å². The van der Waals surface area contributed by atoms with Crippen molar-refractivity contribution in [1.82, 2.24) is 10.3 Å². The number of hydrogen-bond acceptors (Lipinski definition) is 6. The highest BCUT2D eigenvalue weighted by Crippen LogP contribution is 2.18. The molecule has 106 valence electrons. The van der Waals surface area contributed by atoms with E-state index in [-0.39, 0.29) is 5.91 Å². The van der Waals surface area contributed by atoms with Crippen LogP contribution in [0.1, 0.15) is 29.9 Å². The molecule has 0 aliphatic rings. The summed E-state index contributed by atoms with van der Waals surface area (Å²) in [5.74, 6) is 0.0460. The lowest BCUT2D eigenvalue weighted by molar-refractivity contribution is -0.120. The molecule has 2 N–H and O–H groups in total. The minimum atomic E-state index is -0.403. The number of rotatable bonds is 7. The lowest BCUT2D eigenvalue weighted by Gasteiger charge is -2.07. The Bertz CT molecular complexity index is 432. The molecule has 0 aromatic carbocycles. The maximum Gasteiger partial charge on any atom is 0.349 e. The van der Waals surface area contributed by atoms with Crippen LogP contribution in [0, 0.1) is 5.92 Å². The quantitative estimate of drug-likeness (QED) is 0.742. The van der Waals surface area contributed by atoms with Gasteiger partial charge in [0.2, 0.25) is 5.91 Å². The molecular weight excluding hydrogens is 266 g/mol. The van der Waals surface area contributed by atoms with Gasteiger partial charge in [0.15, 0.2) is 5.13 Å². The Labute approximate surface area is 116 Å². The predicted molar refractivity (Wildman–Crippen MR) is 74.4 cm³/mol. The van der Waals surface area contributed by atoms with Crippen molar-refractivity contribution in [3.8, 4) is 0 Å². The van der Waals surface area contributed by atoms with Crippen LogP contribution in [0.5, 0.6) is 0 Å². The van der Waals surface area contributed by atoms with E-state index in [4.69, 9.17) is 0 Å². The minimum absolute atomic E-state index is 0.00551. The van der Waals surface area contributed by atoms with Crippen molar-refractivity contribution in [3.05, 3.63) is 11.1 Å². The zero-order valence-electron chi connectivity index (χ0n) is 11.4. The summed E-state index contributed by atoms with van der Waals surface area (Å²) in [6, 6.07) is 0. The second-order valence-corrected chi connectivity index (χ2v) is 5.43. The number of ether oxygens (including phenoxy) is 1. The predicted octanol–water partition coefficient (Wildman–Crippen LogP) is 1.50. The lowest BCUT2D eigenvalue weighted by atomic mass is 10.2. The van der Waals surface area contributed by atoms with Crippen LogP contribution in [0.4, 0.5) is 5.13 Å². The molecule has 1 aromatic heterocycles. The molecule has 0 aliphatic carbocycles. The molecule has 19 heavy (non-hydrogen) atoms. The second kappa shape index (κ2) is 7.73. The number of thiazole rings is 1. The molecule has 1 rings (SSSR count). The van der Waals surface area contributed by atoms with Crippen molar-refractivity contribution in [2.45, 2.75) is 20.3 Å². The summed E-state index contributed by atoms with van der Waals surface area (Å²) in [6.07, 6.45) is 1.83. The van der Waals surface area contributed by atoms with E-state index < -0.39 is 5.97 Å². The third-order valence-electron chi connectivity index (χ3n) is 2.23. The van der Waals surface area contributed by atoms with Gasteiger partial charge in [0.25, 0.3) is 0 Å². The summed E-state index contributed by atoms with van der Waals surface area (Å²) in [7, 11) is 1.33. The van der Waals surface area contributed by atoms with Crippen LogP contribution >= 0.6 is 11.3 Å². The highest BCUT2D eigenvalue weighted by atomic mass is 32.1. The normalized spacial score (nSPS) is 10.3. The summed E-state index contributed by atoms with van der Waals surface area (Å²) < 4.78 is 4.59. The van der Waals surface area contributed by atoms with Crippen LogP contribution in [0.2, 0.25) is 0 Å². The number of hydrogen-bond donors (Lipinski definition) is 2. The van der Waals surface area contributed by atoms with E-state index in [0.29, 0.717) is 35.4 Å². The molecule has 0 bridgehead atoms. The molecular formula is C12H19N3O3S. The van der Waals surface area contributed by atoms with Gasteiger partial charge >= 0.3 is 5.97 Å². The zero-order chi connectivity index (χ0) is 14.3. The second-order valence-electron chi connectivity index (χ2n) is 4.40. The molecule has 0 fully saturated rings. The Kier molecular flexibility index (Phi) is 6.27. The summed E-state index contributed by atoms with van der Waals surface area (Å²) >= 11 is 1.21. The Morgan fingerprint density at radius 3 is 2.84 bits per heavy atom. The van der Waals surface area contributed by atoms with Crippen molar-refractivity contribution < 1.29 is 14.3 Å². The minimum Gasteiger partial charge on any atom is -0.465 e. The zero-order valence-corrected chi connectivity index (χ0v) is 12.2. The molecule has 1 heterocycles. The number of amides is 1. The van der Waals surface area contributed by atoms with Gasteiger partial charge in [-0.05, 0) is 5.92 Å². The molecule has 0 aliphatic heterocycles. The highest BCUT2D eigenvalue weighted by molar-refractivity contribution is 7.17. The van der Waals surface area contributed by atoms with E-state index in [1.807, 2.05) is 13.8 Å². The van der Waals surface area contributed by atoms with Crippen LogP contribution in [-0.4, -0.2) is 37.1 Å². The molecule has 0 radical (unpaired) electrons. The van der Waals surface area contributed by atoms with Crippen LogP contribution in [-0.2, 0) is 9.53 Å². The van der Waals surface area contributed by atoms with Gasteiger partial charge < -0.3 is 15.4 Å². The fraction of sp³-hybridized carbons (Fsp3) is 0.583. The number of nitrogens with zero attached hydrogens (tertiary/aromatic N) is 1. The van der Waals surface area contributed by atoms with Crippen LogP contribution in [0.3, 0.4) is 0 Å². The van der Waals surface area contributed by atoms with Gasteiger partial charge in [0.1, 0.15) is 4.88 Å². The van der Waals surface area contributed by atoms with E-state index in [2.05, 4.69) is 20.4 Å². The van der Waals surface area contributed by atoms with Crippen LogP contribution in [0.25, 0.3) is 0 Å². The maximum absolute atomic E-state index is 11.5. The standard InChI is InChI=1S/C12H19N3O3S/c1-8(2)6-14-10(16)4-5-13-12-15-7-9(19-12)11(17)18-3/h7-8H,4-6H2,1-3H3,(H,13,15)(H,14,16). The van der Waals surface area contributed by atoms with E-state index >= 15 is 0 Å². The van der Waals surface area contributed by atoms with Crippen molar-refractivity contribution in [3.63, 3.8) is 0 Å². The first-order valence-electron chi connectivity index (χ1n) is 6.07. The topological polar surface area (TPSA) is 80.3 Å². The molecule has 6 nitrogen and oxygen atoms in total. The van der Waals surface area contributed by atoms with E-state index in [1.54, 1.807) is 0 Å². The number of carbonyl (C=O) groups excluding carboxylic acids is 2. The third kappa shape index (κ3) is 5.69. The smallest absolute Gasteiger partial charge is 0.349 e. The number of nitrogens with one attached hydrogen (secondary N) is 2. The Balaban J connectivity index is 2.27. The van der Waals surface area contributed by atoms with E-state index in [1.165, 1.54) is 24.6 Å².